The summed E-state index contributed by atoms with van der Waals surface area (Å²) in [4.78, 5) is 19.7. The van der Waals surface area contributed by atoms with Gasteiger partial charge in [-0.2, -0.15) is 0 Å². The molecule has 0 saturated carbocycles. The number of aryl methyl sites for hydroxylation is 1. The van der Waals surface area contributed by atoms with Gasteiger partial charge < -0.3 is 4.90 Å². The molecule has 1 aromatic heterocycles. The van der Waals surface area contributed by atoms with E-state index in [4.69, 9.17) is 4.98 Å². The molecule has 4 nitrogen and oxygen atoms in total. The van der Waals surface area contributed by atoms with Crippen molar-refractivity contribution >= 4 is 16.9 Å². The summed E-state index contributed by atoms with van der Waals surface area (Å²) < 4.78 is 1.87. The fraction of sp³-hybridized carbons (Fsp3) is 0.467. The molecule has 1 aromatic carbocycles. The first kappa shape index (κ1) is 11.0. The van der Waals surface area contributed by atoms with Crippen molar-refractivity contribution in [3.05, 3.63) is 34.1 Å². The maximum atomic E-state index is 12.6. The van der Waals surface area contributed by atoms with E-state index >= 15 is 0 Å². The number of hydrogen-bond donors (Lipinski definition) is 0. The minimum absolute atomic E-state index is 0.123. The molecular formula is C15H17N3O. The van der Waals surface area contributed by atoms with Crippen molar-refractivity contribution in [1.29, 1.82) is 0 Å². The number of para-hydroxylation sites is 1. The molecule has 0 aliphatic carbocycles. The third-order valence-electron chi connectivity index (χ3n) is 4.44. The van der Waals surface area contributed by atoms with Crippen molar-refractivity contribution in [2.45, 2.75) is 38.8 Å². The number of benzene rings is 1. The molecule has 4 heteroatoms. The van der Waals surface area contributed by atoms with Gasteiger partial charge in [0.25, 0.3) is 5.56 Å². The van der Waals surface area contributed by atoms with Crippen LogP contribution < -0.4 is 10.5 Å². The van der Waals surface area contributed by atoms with Crippen LogP contribution in [0.2, 0.25) is 0 Å². The van der Waals surface area contributed by atoms with Gasteiger partial charge in [0.15, 0.2) is 0 Å². The average molecular weight is 255 g/mol. The van der Waals surface area contributed by atoms with E-state index in [0.29, 0.717) is 6.04 Å². The molecule has 0 bridgehead atoms. The Morgan fingerprint density at radius 2 is 2.21 bits per heavy atom. The number of fused-ring (bicyclic) bond motifs is 4. The lowest BCUT2D eigenvalue weighted by Crippen LogP contribution is -2.36. The third-order valence-corrected chi connectivity index (χ3v) is 4.44. The third kappa shape index (κ3) is 1.46. The molecule has 2 aliphatic rings. The van der Waals surface area contributed by atoms with Crippen LogP contribution in [-0.2, 0) is 6.54 Å². The van der Waals surface area contributed by atoms with E-state index in [2.05, 4.69) is 4.90 Å². The normalized spacial score (nSPS) is 21.5. The van der Waals surface area contributed by atoms with Gasteiger partial charge in [0, 0.05) is 19.1 Å². The Morgan fingerprint density at radius 1 is 1.32 bits per heavy atom. The largest absolute Gasteiger partial charge is 0.337 e. The van der Waals surface area contributed by atoms with Gasteiger partial charge in [-0.1, -0.05) is 12.1 Å². The predicted molar refractivity (Wildman–Crippen MR) is 75.7 cm³/mol. The van der Waals surface area contributed by atoms with Crippen LogP contribution in [0.4, 0.5) is 5.95 Å². The lowest BCUT2D eigenvalue weighted by atomic mass is 10.0. The number of hydrogen-bond acceptors (Lipinski definition) is 3. The lowest BCUT2D eigenvalue weighted by Gasteiger charge is -2.29. The Hall–Kier alpha value is -1.84. The van der Waals surface area contributed by atoms with Crippen LogP contribution in [-0.4, -0.2) is 22.1 Å². The van der Waals surface area contributed by atoms with E-state index in [1.165, 1.54) is 19.3 Å². The highest BCUT2D eigenvalue weighted by Crippen LogP contribution is 2.30. The molecule has 2 aromatic rings. The highest BCUT2D eigenvalue weighted by molar-refractivity contribution is 5.82. The van der Waals surface area contributed by atoms with Crippen LogP contribution in [0.3, 0.4) is 0 Å². The maximum absolute atomic E-state index is 12.6. The van der Waals surface area contributed by atoms with Gasteiger partial charge in [-0.05, 0) is 37.8 Å². The monoisotopic (exact) mass is 255 g/mol. The van der Waals surface area contributed by atoms with Crippen molar-refractivity contribution < 1.29 is 0 Å². The molecule has 98 valence electrons. The highest BCUT2D eigenvalue weighted by Gasteiger charge is 2.33. The molecule has 0 spiro atoms. The molecule has 0 amide bonds. The summed E-state index contributed by atoms with van der Waals surface area (Å²) in [6.07, 6.45) is 3.65. The van der Waals surface area contributed by atoms with Crippen LogP contribution in [0.25, 0.3) is 10.9 Å². The first-order chi connectivity index (χ1) is 9.25. The zero-order chi connectivity index (χ0) is 13.0. The summed E-state index contributed by atoms with van der Waals surface area (Å²) >= 11 is 0. The van der Waals surface area contributed by atoms with Crippen molar-refractivity contribution in [3.8, 4) is 0 Å². The van der Waals surface area contributed by atoms with E-state index in [1.54, 1.807) is 0 Å². The Balaban J connectivity index is 2.01. The van der Waals surface area contributed by atoms with Crippen molar-refractivity contribution in [1.82, 2.24) is 9.55 Å². The topological polar surface area (TPSA) is 38.1 Å². The minimum Gasteiger partial charge on any atom is -0.337 e. The second-order valence-corrected chi connectivity index (χ2v) is 5.64. The van der Waals surface area contributed by atoms with Gasteiger partial charge in [0.05, 0.1) is 10.9 Å². The molecule has 1 saturated heterocycles. The van der Waals surface area contributed by atoms with Crippen LogP contribution in [0, 0.1) is 6.92 Å². The smallest absolute Gasteiger partial charge is 0.262 e. The Kier molecular flexibility index (Phi) is 2.22. The Bertz CT molecular complexity index is 719. The van der Waals surface area contributed by atoms with Crippen LogP contribution in [0.5, 0.6) is 0 Å². The maximum Gasteiger partial charge on any atom is 0.262 e. The highest BCUT2D eigenvalue weighted by atomic mass is 16.1. The number of rotatable bonds is 0. The molecule has 0 N–H and O–H groups in total. The molecule has 1 fully saturated rings. The zero-order valence-electron chi connectivity index (χ0n) is 11.1. The minimum atomic E-state index is 0.123. The second-order valence-electron chi connectivity index (χ2n) is 5.64. The Labute approximate surface area is 111 Å². The first-order valence-corrected chi connectivity index (χ1v) is 7.02. The van der Waals surface area contributed by atoms with E-state index in [0.717, 1.165) is 35.5 Å². The van der Waals surface area contributed by atoms with Gasteiger partial charge in [-0.15, -0.1) is 0 Å². The fourth-order valence-corrected chi connectivity index (χ4v) is 3.42. The summed E-state index contributed by atoms with van der Waals surface area (Å²) in [6, 6.07) is 6.33. The van der Waals surface area contributed by atoms with Gasteiger partial charge >= 0.3 is 0 Å². The average Bonchev–Trinajstić information content (AvgIpc) is 2.80. The van der Waals surface area contributed by atoms with E-state index < -0.39 is 0 Å². The van der Waals surface area contributed by atoms with Gasteiger partial charge in [0.1, 0.15) is 0 Å². The first-order valence-electron chi connectivity index (χ1n) is 7.02. The Morgan fingerprint density at radius 3 is 3.11 bits per heavy atom. The zero-order valence-corrected chi connectivity index (χ0v) is 11.1. The molecule has 3 heterocycles. The number of anilines is 1. The molecule has 2 aliphatic heterocycles. The van der Waals surface area contributed by atoms with E-state index in [1.807, 2.05) is 29.7 Å². The summed E-state index contributed by atoms with van der Waals surface area (Å²) in [7, 11) is 0. The molecule has 1 atom stereocenters. The molecule has 4 rings (SSSR count). The van der Waals surface area contributed by atoms with Gasteiger partial charge in [-0.3, -0.25) is 9.36 Å². The predicted octanol–water partition coefficient (Wildman–Crippen LogP) is 2.08. The number of piperidine rings is 1. The molecule has 1 unspecified atom stereocenters. The SMILES string of the molecule is Cc1cccc2c(=O)n3c(nc12)N1CCCCC1C3. The molecular weight excluding hydrogens is 238 g/mol. The summed E-state index contributed by atoms with van der Waals surface area (Å²) in [5, 5.41) is 0.753. The molecule has 19 heavy (non-hydrogen) atoms. The second kappa shape index (κ2) is 3.83. The van der Waals surface area contributed by atoms with Crippen LogP contribution >= 0.6 is 0 Å². The van der Waals surface area contributed by atoms with E-state index in [-0.39, 0.29) is 5.56 Å². The number of aromatic nitrogens is 2. The quantitative estimate of drug-likeness (QED) is 0.723. The summed E-state index contributed by atoms with van der Waals surface area (Å²) in [5.41, 5.74) is 2.07. The number of nitrogens with zero attached hydrogens (tertiary/aromatic N) is 3. The van der Waals surface area contributed by atoms with Crippen LogP contribution in [0.1, 0.15) is 24.8 Å². The summed E-state index contributed by atoms with van der Waals surface area (Å²) in [5.74, 6) is 0.886. The van der Waals surface area contributed by atoms with Crippen molar-refractivity contribution in [3.63, 3.8) is 0 Å². The summed E-state index contributed by atoms with van der Waals surface area (Å²) in [6.45, 7) is 3.87. The van der Waals surface area contributed by atoms with Crippen molar-refractivity contribution in [2.75, 3.05) is 11.4 Å². The van der Waals surface area contributed by atoms with Gasteiger partial charge in [-0.25, -0.2) is 4.98 Å². The van der Waals surface area contributed by atoms with Crippen molar-refractivity contribution in [2.24, 2.45) is 0 Å². The molecule has 0 radical (unpaired) electrons. The lowest BCUT2D eigenvalue weighted by molar-refractivity contribution is 0.459. The van der Waals surface area contributed by atoms with Crippen LogP contribution in [0.15, 0.2) is 23.0 Å². The standard InChI is InChI=1S/C15H17N3O/c1-10-5-4-7-12-13(10)16-15-17-8-3-2-6-11(17)9-18(15)14(12)19/h4-5,7,11H,2-3,6,8-9H2,1H3. The van der Waals surface area contributed by atoms with Gasteiger partial charge in [0.2, 0.25) is 5.95 Å². The fourth-order valence-electron chi connectivity index (χ4n) is 3.42. The van der Waals surface area contributed by atoms with E-state index in [9.17, 15) is 4.79 Å².